The highest BCUT2D eigenvalue weighted by Crippen LogP contribution is 2.19. The van der Waals surface area contributed by atoms with Crippen molar-refractivity contribution >= 4 is 30.3 Å². The zero-order valence-corrected chi connectivity index (χ0v) is 10.6. The molecule has 16 heavy (non-hydrogen) atoms. The van der Waals surface area contributed by atoms with Gasteiger partial charge in [-0.3, -0.25) is 4.79 Å². The van der Waals surface area contributed by atoms with Gasteiger partial charge in [0.2, 0.25) is 5.91 Å². The summed E-state index contributed by atoms with van der Waals surface area (Å²) in [5.74, 6) is 1.72. The number of thioether (sulfide) groups is 1. The maximum absolute atomic E-state index is 11.1. The number of carbonyl (C=O) groups is 1. The number of benzene rings is 1. The standard InChI is InChI=1S/C11H15NO2S2/c13-9-1-3-10(4-2-9)16-8-6-12-11(14)5-7-15/h1-4,13,15H,5-8H2,(H,12,14). The molecule has 1 rings (SSSR count). The number of thiol groups is 1. The predicted molar refractivity (Wildman–Crippen MR) is 70.3 cm³/mol. The fourth-order valence-electron chi connectivity index (χ4n) is 1.09. The summed E-state index contributed by atoms with van der Waals surface area (Å²) >= 11 is 5.63. The second-order valence-corrected chi connectivity index (χ2v) is 4.78. The number of nitrogens with one attached hydrogen (secondary N) is 1. The van der Waals surface area contributed by atoms with E-state index in [0.717, 1.165) is 10.6 Å². The Labute approximate surface area is 105 Å². The zero-order valence-electron chi connectivity index (χ0n) is 8.85. The van der Waals surface area contributed by atoms with Gasteiger partial charge in [-0.1, -0.05) is 0 Å². The van der Waals surface area contributed by atoms with Gasteiger partial charge in [-0.15, -0.1) is 11.8 Å². The van der Waals surface area contributed by atoms with Gasteiger partial charge in [0, 0.05) is 23.6 Å². The molecule has 88 valence electrons. The maximum Gasteiger partial charge on any atom is 0.220 e. The van der Waals surface area contributed by atoms with Crippen LogP contribution in [-0.4, -0.2) is 29.1 Å². The minimum absolute atomic E-state index is 0.0429. The number of phenols is 1. The van der Waals surface area contributed by atoms with Gasteiger partial charge in [0.25, 0.3) is 0 Å². The molecule has 1 aromatic rings. The van der Waals surface area contributed by atoms with Crippen molar-refractivity contribution in [3.05, 3.63) is 24.3 Å². The number of hydrogen-bond acceptors (Lipinski definition) is 4. The van der Waals surface area contributed by atoms with Crippen molar-refractivity contribution in [1.29, 1.82) is 0 Å². The Hall–Kier alpha value is -0.810. The highest BCUT2D eigenvalue weighted by Gasteiger charge is 1.98. The Balaban J connectivity index is 2.16. The summed E-state index contributed by atoms with van der Waals surface area (Å²) in [5, 5.41) is 11.9. The van der Waals surface area contributed by atoms with Gasteiger partial charge in [-0.2, -0.15) is 12.6 Å². The van der Waals surface area contributed by atoms with E-state index in [0.29, 0.717) is 18.7 Å². The van der Waals surface area contributed by atoms with E-state index in [1.54, 1.807) is 23.9 Å². The van der Waals surface area contributed by atoms with Crippen molar-refractivity contribution in [3.8, 4) is 5.75 Å². The minimum atomic E-state index is 0.0429. The fraction of sp³-hybridized carbons (Fsp3) is 0.364. The van der Waals surface area contributed by atoms with Crippen LogP contribution >= 0.6 is 24.4 Å². The van der Waals surface area contributed by atoms with E-state index >= 15 is 0 Å². The molecule has 1 aromatic carbocycles. The van der Waals surface area contributed by atoms with Crippen LogP contribution < -0.4 is 5.32 Å². The molecule has 5 heteroatoms. The molecular formula is C11H15NO2S2. The van der Waals surface area contributed by atoms with Crippen LogP contribution in [0.15, 0.2) is 29.2 Å². The Morgan fingerprint density at radius 3 is 2.69 bits per heavy atom. The van der Waals surface area contributed by atoms with Crippen LogP contribution in [0.3, 0.4) is 0 Å². The van der Waals surface area contributed by atoms with E-state index in [2.05, 4.69) is 17.9 Å². The first-order valence-corrected chi connectivity index (χ1v) is 6.63. The van der Waals surface area contributed by atoms with Crippen LogP contribution in [0.2, 0.25) is 0 Å². The zero-order chi connectivity index (χ0) is 11.8. The Bertz CT molecular complexity index is 327. The minimum Gasteiger partial charge on any atom is -0.508 e. The second-order valence-electron chi connectivity index (χ2n) is 3.17. The molecule has 0 bridgehead atoms. The van der Waals surface area contributed by atoms with Gasteiger partial charge in [0.15, 0.2) is 0 Å². The molecule has 0 heterocycles. The van der Waals surface area contributed by atoms with Crippen LogP contribution in [0.5, 0.6) is 5.75 Å². The lowest BCUT2D eigenvalue weighted by molar-refractivity contribution is -0.120. The fourth-order valence-corrected chi connectivity index (χ4v) is 2.06. The average molecular weight is 257 g/mol. The molecule has 0 aromatic heterocycles. The molecule has 0 aliphatic carbocycles. The summed E-state index contributed by atoms with van der Waals surface area (Å²) in [7, 11) is 0. The lowest BCUT2D eigenvalue weighted by atomic mass is 10.3. The molecule has 0 saturated heterocycles. The summed E-state index contributed by atoms with van der Waals surface area (Å²) in [5.41, 5.74) is 0. The van der Waals surface area contributed by atoms with Gasteiger partial charge in [0.1, 0.15) is 5.75 Å². The monoisotopic (exact) mass is 257 g/mol. The van der Waals surface area contributed by atoms with Gasteiger partial charge >= 0.3 is 0 Å². The Morgan fingerprint density at radius 1 is 1.38 bits per heavy atom. The van der Waals surface area contributed by atoms with E-state index in [-0.39, 0.29) is 11.7 Å². The van der Waals surface area contributed by atoms with Crippen molar-refractivity contribution in [1.82, 2.24) is 5.32 Å². The quantitative estimate of drug-likeness (QED) is 0.414. The van der Waals surface area contributed by atoms with Crippen LogP contribution in [-0.2, 0) is 4.79 Å². The predicted octanol–water partition coefficient (Wildman–Crippen LogP) is 1.92. The molecule has 0 aliphatic rings. The third-order valence-corrected chi connectivity index (χ3v) is 3.11. The first kappa shape index (κ1) is 13.3. The molecule has 0 unspecified atom stereocenters. The van der Waals surface area contributed by atoms with E-state index in [1.807, 2.05) is 12.1 Å². The largest absolute Gasteiger partial charge is 0.508 e. The maximum atomic E-state index is 11.1. The first-order valence-electron chi connectivity index (χ1n) is 5.02. The van der Waals surface area contributed by atoms with Crippen LogP contribution in [0.1, 0.15) is 6.42 Å². The highest BCUT2D eigenvalue weighted by atomic mass is 32.2. The smallest absolute Gasteiger partial charge is 0.220 e. The van der Waals surface area contributed by atoms with Gasteiger partial charge in [-0.25, -0.2) is 0 Å². The topological polar surface area (TPSA) is 49.3 Å². The van der Waals surface area contributed by atoms with Crippen molar-refractivity contribution < 1.29 is 9.90 Å². The number of phenolic OH excluding ortho intramolecular Hbond substituents is 1. The van der Waals surface area contributed by atoms with Crippen molar-refractivity contribution in [2.75, 3.05) is 18.1 Å². The second kappa shape index (κ2) is 7.46. The summed E-state index contributed by atoms with van der Waals surface area (Å²) in [6.45, 7) is 0.651. The van der Waals surface area contributed by atoms with E-state index < -0.39 is 0 Å². The number of rotatable bonds is 6. The number of amides is 1. The van der Waals surface area contributed by atoms with E-state index in [4.69, 9.17) is 5.11 Å². The SMILES string of the molecule is O=C(CCS)NCCSc1ccc(O)cc1. The van der Waals surface area contributed by atoms with Crippen LogP contribution in [0.25, 0.3) is 0 Å². The molecule has 3 nitrogen and oxygen atoms in total. The van der Waals surface area contributed by atoms with Crippen molar-refractivity contribution in [3.63, 3.8) is 0 Å². The van der Waals surface area contributed by atoms with Crippen LogP contribution in [0.4, 0.5) is 0 Å². The molecule has 0 fully saturated rings. The molecule has 0 atom stereocenters. The Kier molecular flexibility index (Phi) is 6.18. The van der Waals surface area contributed by atoms with E-state index in [1.165, 1.54) is 0 Å². The highest BCUT2D eigenvalue weighted by molar-refractivity contribution is 7.99. The molecule has 2 N–H and O–H groups in total. The van der Waals surface area contributed by atoms with Crippen molar-refractivity contribution in [2.24, 2.45) is 0 Å². The lowest BCUT2D eigenvalue weighted by Crippen LogP contribution is -2.25. The van der Waals surface area contributed by atoms with Gasteiger partial charge in [-0.05, 0) is 30.0 Å². The van der Waals surface area contributed by atoms with Gasteiger partial charge in [0.05, 0.1) is 0 Å². The normalized spacial score (nSPS) is 10.1. The lowest BCUT2D eigenvalue weighted by Gasteiger charge is -2.04. The molecule has 0 radical (unpaired) electrons. The molecule has 0 saturated carbocycles. The summed E-state index contributed by atoms with van der Waals surface area (Å²) in [4.78, 5) is 12.2. The summed E-state index contributed by atoms with van der Waals surface area (Å²) in [6, 6.07) is 7.02. The summed E-state index contributed by atoms with van der Waals surface area (Å²) in [6.07, 6.45) is 0.465. The Morgan fingerprint density at radius 2 is 2.06 bits per heavy atom. The van der Waals surface area contributed by atoms with Gasteiger partial charge < -0.3 is 10.4 Å². The molecule has 1 amide bonds. The molecular weight excluding hydrogens is 242 g/mol. The average Bonchev–Trinajstić information content (AvgIpc) is 2.27. The third kappa shape index (κ3) is 5.32. The summed E-state index contributed by atoms with van der Waals surface area (Å²) < 4.78 is 0. The van der Waals surface area contributed by atoms with E-state index in [9.17, 15) is 4.79 Å². The number of carbonyl (C=O) groups excluding carboxylic acids is 1. The third-order valence-electron chi connectivity index (χ3n) is 1.87. The van der Waals surface area contributed by atoms with Crippen molar-refractivity contribution in [2.45, 2.75) is 11.3 Å². The molecule has 0 spiro atoms. The number of hydrogen-bond donors (Lipinski definition) is 3. The van der Waals surface area contributed by atoms with Crippen LogP contribution in [0, 0.1) is 0 Å². The molecule has 0 aliphatic heterocycles. The number of aromatic hydroxyl groups is 1. The first-order chi connectivity index (χ1) is 7.72.